The van der Waals surface area contributed by atoms with Gasteiger partial charge in [-0.2, -0.15) is 0 Å². The lowest BCUT2D eigenvalue weighted by Crippen LogP contribution is -2.54. The van der Waals surface area contributed by atoms with Gasteiger partial charge in [0.1, 0.15) is 11.6 Å². The van der Waals surface area contributed by atoms with E-state index in [0.29, 0.717) is 10.6 Å². The second-order valence-corrected chi connectivity index (χ2v) is 13.3. The summed E-state index contributed by atoms with van der Waals surface area (Å²) in [5.41, 5.74) is -0.557. The Kier molecular flexibility index (Phi) is 7.41. The van der Waals surface area contributed by atoms with Crippen molar-refractivity contribution in [3.63, 3.8) is 0 Å². The maximum Gasteiger partial charge on any atom is 0.408 e. The van der Waals surface area contributed by atoms with Crippen LogP contribution in [0.15, 0.2) is 47.4 Å². The molecule has 2 aromatic carbocycles. The lowest BCUT2D eigenvalue weighted by atomic mass is 10.1. The molecule has 39 heavy (non-hydrogen) atoms. The van der Waals surface area contributed by atoms with Gasteiger partial charge in [-0.15, -0.1) is 0 Å². The number of carbonyl (C=O) groups excluding carboxylic acids is 3. The number of alkyl halides is 2. The van der Waals surface area contributed by atoms with Crippen molar-refractivity contribution in [3.05, 3.63) is 58.6 Å². The number of amides is 3. The van der Waals surface area contributed by atoms with E-state index in [1.165, 1.54) is 25.1 Å². The SMILES string of the molecule is C[C@@H]1[C@H](NC(=O)OC(C)(C)C)C(=O)N(Cc2ccc(Cl)cc2)c2cc(C(=O)NC3CC3(F)F)ccc2S1(=O)=O. The van der Waals surface area contributed by atoms with Crippen LogP contribution >= 0.6 is 11.6 Å². The average Bonchev–Trinajstić information content (AvgIpc) is 3.45. The van der Waals surface area contributed by atoms with E-state index in [1.54, 1.807) is 45.0 Å². The van der Waals surface area contributed by atoms with Gasteiger partial charge in [0.2, 0.25) is 0 Å². The first kappa shape index (κ1) is 28.8. The summed E-state index contributed by atoms with van der Waals surface area (Å²) in [6.07, 6.45) is -1.47. The number of sulfone groups is 1. The lowest BCUT2D eigenvalue weighted by molar-refractivity contribution is -0.120. The number of ether oxygens (including phenoxy) is 1. The first-order chi connectivity index (χ1) is 18.0. The van der Waals surface area contributed by atoms with Crippen molar-refractivity contribution in [2.75, 3.05) is 4.90 Å². The van der Waals surface area contributed by atoms with Crippen LogP contribution in [-0.4, -0.2) is 55.2 Å². The number of hydrogen-bond donors (Lipinski definition) is 2. The summed E-state index contributed by atoms with van der Waals surface area (Å²) in [6.45, 7) is 6.02. The molecular formula is C26H28ClF2N3O6S. The Balaban J connectivity index is 1.78. The van der Waals surface area contributed by atoms with E-state index in [2.05, 4.69) is 10.6 Å². The van der Waals surface area contributed by atoms with Crippen molar-refractivity contribution in [2.45, 2.75) is 74.4 Å². The minimum absolute atomic E-state index is 0.105. The zero-order chi connectivity index (χ0) is 28.9. The monoisotopic (exact) mass is 583 g/mol. The highest BCUT2D eigenvalue weighted by Crippen LogP contribution is 2.42. The predicted octanol–water partition coefficient (Wildman–Crippen LogP) is 4.08. The Morgan fingerprint density at radius 2 is 1.74 bits per heavy atom. The van der Waals surface area contributed by atoms with E-state index in [4.69, 9.17) is 16.3 Å². The fourth-order valence-corrected chi connectivity index (χ4v) is 5.93. The van der Waals surface area contributed by atoms with Crippen molar-refractivity contribution in [3.8, 4) is 0 Å². The lowest BCUT2D eigenvalue weighted by Gasteiger charge is -2.28. The summed E-state index contributed by atoms with van der Waals surface area (Å²) in [4.78, 5) is 40.1. The fraction of sp³-hybridized carbons (Fsp3) is 0.423. The standard InChI is InChI=1S/C26H28ClF2N3O6S/c1-14-21(31-24(35)38-25(2,3)4)23(34)32(13-15-5-8-17(27)9-6-15)18-11-16(7-10-19(18)39(14,36)37)22(33)30-20-12-26(20,28)29/h5-11,14,20-21H,12-13H2,1-4H3,(H,30,33)(H,31,35)/t14-,20?,21+/m1/s1. The molecule has 2 aliphatic rings. The summed E-state index contributed by atoms with van der Waals surface area (Å²) < 4.78 is 59.3. The van der Waals surface area contributed by atoms with Crippen molar-refractivity contribution in [1.82, 2.24) is 10.6 Å². The average molecular weight is 584 g/mol. The molecule has 1 fully saturated rings. The summed E-state index contributed by atoms with van der Waals surface area (Å²) in [5, 5.41) is 3.65. The van der Waals surface area contributed by atoms with Gasteiger partial charge in [-0.05, 0) is 63.6 Å². The predicted molar refractivity (Wildman–Crippen MR) is 140 cm³/mol. The van der Waals surface area contributed by atoms with E-state index in [9.17, 15) is 31.6 Å². The molecule has 0 radical (unpaired) electrons. The molecule has 0 spiro atoms. The van der Waals surface area contributed by atoms with Crippen molar-refractivity contribution >= 4 is 45.0 Å². The zero-order valence-corrected chi connectivity index (χ0v) is 23.2. The van der Waals surface area contributed by atoms with Gasteiger partial charge < -0.3 is 20.3 Å². The molecule has 1 saturated carbocycles. The third-order valence-corrected chi connectivity index (χ3v) is 8.83. The molecule has 1 aliphatic carbocycles. The molecule has 0 saturated heterocycles. The molecule has 3 atom stereocenters. The first-order valence-corrected chi connectivity index (χ1v) is 14.0. The molecule has 2 aromatic rings. The highest BCUT2D eigenvalue weighted by atomic mass is 35.5. The largest absolute Gasteiger partial charge is 0.444 e. The number of carbonyl (C=O) groups is 3. The second kappa shape index (κ2) is 10.1. The van der Waals surface area contributed by atoms with Crippen molar-refractivity contribution in [2.24, 2.45) is 0 Å². The van der Waals surface area contributed by atoms with E-state index in [-0.39, 0.29) is 22.7 Å². The van der Waals surface area contributed by atoms with E-state index in [1.807, 2.05) is 0 Å². The van der Waals surface area contributed by atoms with Gasteiger partial charge >= 0.3 is 6.09 Å². The number of nitrogens with zero attached hydrogens (tertiary/aromatic N) is 1. The van der Waals surface area contributed by atoms with Gasteiger partial charge in [0, 0.05) is 17.0 Å². The Morgan fingerprint density at radius 3 is 2.31 bits per heavy atom. The second-order valence-electron chi connectivity index (χ2n) is 10.6. The van der Waals surface area contributed by atoms with Gasteiger partial charge in [0.05, 0.1) is 28.4 Å². The van der Waals surface area contributed by atoms with E-state index in [0.717, 1.165) is 4.90 Å². The number of halogens is 3. The number of nitrogens with one attached hydrogen (secondary N) is 2. The smallest absolute Gasteiger partial charge is 0.408 e. The zero-order valence-electron chi connectivity index (χ0n) is 21.6. The first-order valence-electron chi connectivity index (χ1n) is 12.1. The number of hydrogen-bond acceptors (Lipinski definition) is 6. The quantitative estimate of drug-likeness (QED) is 0.547. The van der Waals surface area contributed by atoms with Crippen LogP contribution in [0.2, 0.25) is 5.02 Å². The fourth-order valence-electron chi connectivity index (χ4n) is 4.14. The van der Waals surface area contributed by atoms with Gasteiger partial charge in [-0.25, -0.2) is 22.0 Å². The third kappa shape index (κ3) is 6.17. The number of benzene rings is 2. The minimum atomic E-state index is -4.24. The molecule has 2 N–H and O–H groups in total. The Labute approximate surface area is 229 Å². The van der Waals surface area contributed by atoms with Crippen LogP contribution in [0, 0.1) is 0 Å². The van der Waals surface area contributed by atoms with Crippen LogP contribution in [0.1, 0.15) is 50.0 Å². The summed E-state index contributed by atoms with van der Waals surface area (Å²) >= 11 is 5.98. The molecule has 1 aliphatic heterocycles. The van der Waals surface area contributed by atoms with E-state index < -0.39 is 63.0 Å². The van der Waals surface area contributed by atoms with Crippen LogP contribution < -0.4 is 15.5 Å². The van der Waals surface area contributed by atoms with Gasteiger partial charge in [-0.1, -0.05) is 23.7 Å². The maximum absolute atomic E-state index is 13.9. The molecule has 0 bridgehead atoms. The molecule has 3 amide bonds. The van der Waals surface area contributed by atoms with Crippen LogP contribution in [-0.2, 0) is 25.9 Å². The third-order valence-electron chi connectivity index (χ3n) is 6.37. The number of anilines is 1. The molecule has 1 heterocycles. The van der Waals surface area contributed by atoms with Crippen LogP contribution in [0.25, 0.3) is 0 Å². The number of fused-ring (bicyclic) bond motifs is 1. The van der Waals surface area contributed by atoms with E-state index >= 15 is 0 Å². The topological polar surface area (TPSA) is 122 Å². The minimum Gasteiger partial charge on any atom is -0.444 e. The van der Waals surface area contributed by atoms with Crippen LogP contribution in [0.4, 0.5) is 19.3 Å². The highest BCUT2D eigenvalue weighted by Gasteiger charge is 2.58. The Morgan fingerprint density at radius 1 is 1.13 bits per heavy atom. The number of rotatable bonds is 5. The Bertz CT molecular complexity index is 1430. The van der Waals surface area contributed by atoms with Gasteiger partial charge in [-0.3, -0.25) is 9.59 Å². The van der Waals surface area contributed by atoms with Crippen molar-refractivity contribution in [1.29, 1.82) is 0 Å². The summed E-state index contributed by atoms with van der Waals surface area (Å²) in [7, 11) is -4.24. The van der Waals surface area contributed by atoms with Crippen LogP contribution in [0.3, 0.4) is 0 Å². The maximum atomic E-state index is 13.9. The molecule has 9 nitrogen and oxygen atoms in total. The Hall–Kier alpha value is -3.25. The van der Waals surface area contributed by atoms with Gasteiger partial charge in [0.15, 0.2) is 9.84 Å². The summed E-state index contributed by atoms with van der Waals surface area (Å²) in [5.74, 6) is -4.61. The number of alkyl carbamates (subject to hydrolysis) is 1. The molecule has 0 aromatic heterocycles. The van der Waals surface area contributed by atoms with Gasteiger partial charge in [0.25, 0.3) is 17.7 Å². The highest BCUT2D eigenvalue weighted by molar-refractivity contribution is 7.92. The van der Waals surface area contributed by atoms with Crippen LogP contribution in [0.5, 0.6) is 0 Å². The molecular weight excluding hydrogens is 556 g/mol. The molecule has 4 rings (SSSR count). The molecule has 13 heteroatoms. The normalized spacial score (nSPS) is 23.3. The summed E-state index contributed by atoms with van der Waals surface area (Å²) in [6, 6.07) is 7.16. The molecule has 1 unspecified atom stereocenters. The molecule has 210 valence electrons. The van der Waals surface area contributed by atoms with Crippen molar-refractivity contribution < 1.29 is 36.3 Å².